The van der Waals surface area contributed by atoms with Crippen LogP contribution in [-0.2, 0) is 44.9 Å². The van der Waals surface area contributed by atoms with Crippen LogP contribution in [0.25, 0.3) is 0 Å². The maximum atomic E-state index is 13.3. The molecule has 274 valence electrons. The summed E-state index contributed by atoms with van der Waals surface area (Å²) < 4.78 is 0. The Bertz CT molecular complexity index is 1550. The second-order valence-corrected chi connectivity index (χ2v) is 13.9. The van der Waals surface area contributed by atoms with Crippen molar-refractivity contribution >= 4 is 23.9 Å². The first-order valence-corrected chi connectivity index (χ1v) is 18.2. The molecule has 0 spiro atoms. The fraction of sp³-hybridized carbons (Fsp3) is 0.364. The van der Waals surface area contributed by atoms with Gasteiger partial charge in [-0.3, -0.25) is 19.2 Å². The van der Waals surface area contributed by atoms with Crippen LogP contribution in [0.5, 0.6) is 0 Å². The third-order valence-electron chi connectivity index (χ3n) is 10.5. The number of carboxylic acids is 4. The van der Waals surface area contributed by atoms with E-state index in [1.165, 1.54) is 0 Å². The molecule has 4 aromatic rings. The molecule has 0 aliphatic carbocycles. The molecule has 6 atom stereocenters. The molecule has 0 saturated carbocycles. The number of aryl methyl sites for hydroxylation is 4. The van der Waals surface area contributed by atoms with Crippen LogP contribution in [0, 0.1) is 35.5 Å². The van der Waals surface area contributed by atoms with E-state index < -0.39 is 59.4 Å². The molecule has 8 heteroatoms. The Morgan fingerprint density at radius 1 is 0.365 bits per heavy atom. The third kappa shape index (κ3) is 12.5. The molecule has 4 rings (SSSR count). The molecular weight excluding hydrogens is 656 g/mol. The van der Waals surface area contributed by atoms with Gasteiger partial charge >= 0.3 is 23.9 Å². The highest BCUT2D eigenvalue weighted by Gasteiger charge is 2.44. The highest BCUT2D eigenvalue weighted by molar-refractivity contribution is 5.74. The molecule has 4 N–H and O–H groups in total. The van der Waals surface area contributed by atoms with Gasteiger partial charge in [0.2, 0.25) is 0 Å². The zero-order valence-electron chi connectivity index (χ0n) is 29.5. The summed E-state index contributed by atoms with van der Waals surface area (Å²) in [6.07, 6.45) is 2.26. The molecule has 0 aromatic heterocycles. The van der Waals surface area contributed by atoms with Crippen LogP contribution in [0.1, 0.15) is 60.8 Å². The van der Waals surface area contributed by atoms with Gasteiger partial charge in [-0.2, -0.15) is 0 Å². The lowest BCUT2D eigenvalue weighted by Crippen LogP contribution is -2.40. The van der Waals surface area contributed by atoms with Crippen molar-refractivity contribution in [3.05, 3.63) is 144 Å². The third-order valence-corrected chi connectivity index (χ3v) is 10.5. The second-order valence-electron chi connectivity index (χ2n) is 13.9. The summed E-state index contributed by atoms with van der Waals surface area (Å²) in [6, 6.07) is 37.7. The summed E-state index contributed by atoms with van der Waals surface area (Å²) in [7, 11) is 0. The standard InChI is InChI=1S/C44H50O8/c45-41(46)35(25-21-31-13-5-1-6-14-31)29-39(37(43(49)50)27-23-33-17-9-3-10-18-33)40(38(44(51)52)28-24-34-19-11-4-12-20-34)30-36(42(47)48)26-22-32-15-7-2-8-16-32/h1-20,35-40H,21-30H2,(H,45,46)(H,47,48)(H,49,50)(H,51,52)/t35-,36?,37?,38?,39?,40-/m1/s1. The Balaban J connectivity index is 1.77. The van der Waals surface area contributed by atoms with Crippen molar-refractivity contribution in [2.45, 2.75) is 64.2 Å². The van der Waals surface area contributed by atoms with Gasteiger partial charge < -0.3 is 20.4 Å². The smallest absolute Gasteiger partial charge is 0.306 e. The lowest BCUT2D eigenvalue weighted by molar-refractivity contribution is -0.154. The van der Waals surface area contributed by atoms with Crippen LogP contribution >= 0.6 is 0 Å². The average molecular weight is 707 g/mol. The average Bonchev–Trinajstić information content (AvgIpc) is 3.14. The number of benzene rings is 4. The van der Waals surface area contributed by atoms with E-state index in [1.54, 1.807) is 0 Å². The predicted octanol–water partition coefficient (Wildman–Crippen LogP) is 8.33. The van der Waals surface area contributed by atoms with Crippen LogP contribution in [0.3, 0.4) is 0 Å². The van der Waals surface area contributed by atoms with Crippen LogP contribution in [0.2, 0.25) is 0 Å². The number of carbonyl (C=O) groups is 4. The topological polar surface area (TPSA) is 149 Å². The molecule has 0 radical (unpaired) electrons. The summed E-state index contributed by atoms with van der Waals surface area (Å²) >= 11 is 0. The van der Waals surface area contributed by atoms with E-state index in [-0.39, 0.29) is 38.5 Å². The number of rotatable bonds is 23. The van der Waals surface area contributed by atoms with Gasteiger partial charge in [0.25, 0.3) is 0 Å². The number of aliphatic carboxylic acids is 4. The number of carboxylic acid groups (broad SMARTS) is 4. The molecule has 0 aliphatic heterocycles. The minimum Gasteiger partial charge on any atom is -0.481 e. The first-order valence-electron chi connectivity index (χ1n) is 18.2. The zero-order valence-corrected chi connectivity index (χ0v) is 29.5. The second kappa shape index (κ2) is 20.6. The van der Waals surface area contributed by atoms with Crippen molar-refractivity contribution in [2.24, 2.45) is 35.5 Å². The van der Waals surface area contributed by atoms with E-state index >= 15 is 0 Å². The molecule has 0 amide bonds. The Morgan fingerprint density at radius 2 is 0.615 bits per heavy atom. The summed E-state index contributed by atoms with van der Waals surface area (Å²) in [4.78, 5) is 52.4. The molecule has 8 nitrogen and oxygen atoms in total. The van der Waals surface area contributed by atoms with Crippen LogP contribution in [0.15, 0.2) is 121 Å². The molecule has 0 bridgehead atoms. The number of hydrogen-bond acceptors (Lipinski definition) is 4. The van der Waals surface area contributed by atoms with Gasteiger partial charge in [-0.1, -0.05) is 121 Å². The predicted molar refractivity (Wildman–Crippen MR) is 200 cm³/mol. The molecule has 0 saturated heterocycles. The maximum absolute atomic E-state index is 13.3. The fourth-order valence-corrected chi connectivity index (χ4v) is 7.56. The summed E-state index contributed by atoms with van der Waals surface area (Å²) in [5.41, 5.74) is 3.71. The minimum atomic E-state index is -1.14. The van der Waals surface area contributed by atoms with Crippen molar-refractivity contribution < 1.29 is 39.6 Å². The van der Waals surface area contributed by atoms with Crippen molar-refractivity contribution in [1.29, 1.82) is 0 Å². The SMILES string of the molecule is O=C(O)C(CCc1ccccc1)C[C@H](C(CCc1ccccc1)C(=O)O)C(C[C@@H](CCc1ccccc1)C(=O)O)C(CCc1ccccc1)C(=O)O. The molecule has 52 heavy (non-hydrogen) atoms. The molecule has 0 aliphatic rings. The molecular formula is C44H50O8. The Labute approximate surface area is 306 Å². The van der Waals surface area contributed by atoms with E-state index in [0.717, 1.165) is 22.3 Å². The molecule has 4 aromatic carbocycles. The largest absolute Gasteiger partial charge is 0.481 e. The van der Waals surface area contributed by atoms with Gasteiger partial charge in [0.05, 0.1) is 23.7 Å². The maximum Gasteiger partial charge on any atom is 0.306 e. The Hall–Kier alpha value is -5.24. The Kier molecular flexibility index (Phi) is 15.6. The molecule has 4 unspecified atom stereocenters. The van der Waals surface area contributed by atoms with Crippen LogP contribution in [-0.4, -0.2) is 44.3 Å². The van der Waals surface area contributed by atoms with Crippen molar-refractivity contribution in [1.82, 2.24) is 0 Å². The van der Waals surface area contributed by atoms with Gasteiger partial charge in [-0.15, -0.1) is 0 Å². The summed E-state index contributed by atoms with van der Waals surface area (Å²) in [6.45, 7) is 0. The van der Waals surface area contributed by atoms with Gasteiger partial charge in [0, 0.05) is 0 Å². The van der Waals surface area contributed by atoms with Crippen LogP contribution in [0.4, 0.5) is 0 Å². The van der Waals surface area contributed by atoms with Crippen molar-refractivity contribution in [2.75, 3.05) is 0 Å². The monoisotopic (exact) mass is 706 g/mol. The van der Waals surface area contributed by atoms with Gasteiger partial charge in [-0.05, 0) is 98.3 Å². The van der Waals surface area contributed by atoms with E-state index in [0.29, 0.717) is 25.7 Å². The van der Waals surface area contributed by atoms with Gasteiger partial charge in [-0.25, -0.2) is 0 Å². The number of hydrogen-bond donors (Lipinski definition) is 4. The summed E-state index contributed by atoms with van der Waals surface area (Å²) in [5, 5.41) is 42.8. The lowest BCUT2D eigenvalue weighted by Gasteiger charge is -2.38. The normalized spacial score (nSPS) is 14.7. The van der Waals surface area contributed by atoms with E-state index in [1.807, 2.05) is 121 Å². The molecule has 0 heterocycles. The van der Waals surface area contributed by atoms with E-state index in [9.17, 15) is 39.6 Å². The van der Waals surface area contributed by atoms with E-state index in [4.69, 9.17) is 0 Å². The van der Waals surface area contributed by atoms with Crippen molar-refractivity contribution in [3.63, 3.8) is 0 Å². The minimum absolute atomic E-state index is 0.0846. The van der Waals surface area contributed by atoms with E-state index in [2.05, 4.69) is 0 Å². The highest BCUT2D eigenvalue weighted by Crippen LogP contribution is 2.42. The molecule has 0 fully saturated rings. The lowest BCUT2D eigenvalue weighted by atomic mass is 9.65. The first kappa shape index (κ1) is 39.5. The Morgan fingerprint density at radius 3 is 0.846 bits per heavy atom. The highest BCUT2D eigenvalue weighted by atomic mass is 16.4. The quantitative estimate of drug-likeness (QED) is 0.0602. The van der Waals surface area contributed by atoms with Crippen LogP contribution < -0.4 is 0 Å². The summed E-state index contributed by atoms with van der Waals surface area (Å²) in [5.74, 6) is -10.4. The van der Waals surface area contributed by atoms with Gasteiger partial charge in [0.1, 0.15) is 0 Å². The first-order chi connectivity index (χ1) is 25.1. The van der Waals surface area contributed by atoms with Gasteiger partial charge in [0.15, 0.2) is 0 Å². The zero-order chi connectivity index (χ0) is 37.3. The van der Waals surface area contributed by atoms with Crippen molar-refractivity contribution in [3.8, 4) is 0 Å². The fourth-order valence-electron chi connectivity index (χ4n) is 7.56.